The van der Waals surface area contributed by atoms with Crippen LogP contribution < -0.4 is 10.1 Å². The Balaban J connectivity index is 2.04. The number of methoxy groups -OCH3 is 1. The highest BCUT2D eigenvalue weighted by molar-refractivity contribution is 5.66. The van der Waals surface area contributed by atoms with Gasteiger partial charge in [-0.1, -0.05) is 11.6 Å². The summed E-state index contributed by atoms with van der Waals surface area (Å²) in [5.74, 6) is 0.863. The van der Waals surface area contributed by atoms with E-state index in [2.05, 4.69) is 20.3 Å². The number of hydrogen-bond acceptors (Lipinski definition) is 5. The molecular formula is C17H15FN4O. The molecule has 0 saturated carbocycles. The molecule has 3 aromatic rings. The molecule has 0 amide bonds. The first kappa shape index (κ1) is 14.9. The van der Waals surface area contributed by atoms with Crippen molar-refractivity contribution in [2.24, 2.45) is 0 Å². The lowest BCUT2D eigenvalue weighted by atomic mass is 10.1. The van der Waals surface area contributed by atoms with Crippen LogP contribution in [0.2, 0.25) is 0 Å². The van der Waals surface area contributed by atoms with Crippen molar-refractivity contribution < 1.29 is 9.13 Å². The number of aromatic nitrogens is 3. The zero-order valence-electron chi connectivity index (χ0n) is 12.7. The zero-order chi connectivity index (χ0) is 16.2. The largest absolute Gasteiger partial charge is 0.491 e. The molecule has 2 heterocycles. The van der Waals surface area contributed by atoms with E-state index in [0.717, 1.165) is 11.3 Å². The molecular weight excluding hydrogens is 295 g/mol. The van der Waals surface area contributed by atoms with Gasteiger partial charge in [0.2, 0.25) is 0 Å². The Morgan fingerprint density at radius 2 is 1.91 bits per heavy atom. The molecule has 0 unspecified atom stereocenters. The van der Waals surface area contributed by atoms with E-state index in [1.54, 1.807) is 36.7 Å². The topological polar surface area (TPSA) is 59.9 Å². The van der Waals surface area contributed by atoms with Crippen molar-refractivity contribution in [3.8, 4) is 17.1 Å². The second-order valence-electron chi connectivity index (χ2n) is 4.95. The van der Waals surface area contributed by atoms with Gasteiger partial charge in [-0.05, 0) is 31.2 Å². The highest BCUT2D eigenvalue weighted by Gasteiger charge is 2.13. The summed E-state index contributed by atoms with van der Waals surface area (Å²) < 4.78 is 19.3. The van der Waals surface area contributed by atoms with E-state index in [1.807, 2.05) is 6.92 Å². The average Bonchev–Trinajstić information content (AvgIpc) is 2.58. The van der Waals surface area contributed by atoms with Crippen LogP contribution >= 0.6 is 0 Å². The molecule has 6 heteroatoms. The van der Waals surface area contributed by atoms with Gasteiger partial charge in [0.05, 0.1) is 18.9 Å². The van der Waals surface area contributed by atoms with E-state index in [1.165, 1.54) is 19.4 Å². The summed E-state index contributed by atoms with van der Waals surface area (Å²) in [7, 11) is 1.53. The molecule has 0 aliphatic rings. The standard InChI is InChI=1S/C17H15FN4O/c1-11-3-4-14(18)13(9-11)16-20-10-15(23-2)17(22-16)21-12-5-7-19-8-6-12/h3-10H,1-2H3,(H,19,20,21,22). The summed E-state index contributed by atoms with van der Waals surface area (Å²) in [6, 6.07) is 8.43. The predicted octanol–water partition coefficient (Wildman–Crippen LogP) is 3.74. The molecule has 0 spiro atoms. The number of anilines is 2. The van der Waals surface area contributed by atoms with Crippen LogP contribution in [0, 0.1) is 12.7 Å². The van der Waals surface area contributed by atoms with E-state index in [0.29, 0.717) is 23.0 Å². The lowest BCUT2D eigenvalue weighted by molar-refractivity contribution is 0.413. The van der Waals surface area contributed by atoms with Crippen LogP contribution in [-0.2, 0) is 0 Å². The van der Waals surface area contributed by atoms with E-state index in [-0.39, 0.29) is 5.82 Å². The molecule has 3 rings (SSSR count). The lowest BCUT2D eigenvalue weighted by Gasteiger charge is -2.11. The molecule has 0 bridgehead atoms. The Morgan fingerprint density at radius 1 is 1.13 bits per heavy atom. The summed E-state index contributed by atoms with van der Waals surface area (Å²) in [6.45, 7) is 1.89. The molecule has 2 aromatic heterocycles. The number of halogens is 1. The van der Waals surface area contributed by atoms with Gasteiger partial charge in [-0.15, -0.1) is 0 Å². The minimum Gasteiger partial charge on any atom is -0.491 e. The third-order valence-electron chi connectivity index (χ3n) is 3.28. The fourth-order valence-corrected chi connectivity index (χ4v) is 2.12. The van der Waals surface area contributed by atoms with Crippen LogP contribution in [0.25, 0.3) is 11.4 Å². The number of nitrogens with one attached hydrogen (secondary N) is 1. The predicted molar refractivity (Wildman–Crippen MR) is 86.2 cm³/mol. The quantitative estimate of drug-likeness (QED) is 0.795. The van der Waals surface area contributed by atoms with Crippen molar-refractivity contribution in [2.45, 2.75) is 6.92 Å². The Hall–Kier alpha value is -3.02. The third kappa shape index (κ3) is 3.26. The highest BCUT2D eigenvalue weighted by atomic mass is 19.1. The Morgan fingerprint density at radius 3 is 2.65 bits per heavy atom. The van der Waals surface area contributed by atoms with Gasteiger partial charge in [0.25, 0.3) is 0 Å². The fourth-order valence-electron chi connectivity index (χ4n) is 2.12. The second kappa shape index (κ2) is 6.39. The number of aryl methyl sites for hydroxylation is 1. The molecule has 0 fully saturated rings. The first-order valence-electron chi connectivity index (χ1n) is 7.02. The van der Waals surface area contributed by atoms with Crippen molar-refractivity contribution in [2.75, 3.05) is 12.4 Å². The van der Waals surface area contributed by atoms with Gasteiger partial charge in [-0.3, -0.25) is 4.98 Å². The van der Waals surface area contributed by atoms with Gasteiger partial charge < -0.3 is 10.1 Å². The molecule has 1 aromatic carbocycles. The summed E-state index contributed by atoms with van der Waals surface area (Å²) in [4.78, 5) is 12.6. The first-order chi connectivity index (χ1) is 11.2. The Bertz CT molecular complexity index is 824. The molecule has 0 aliphatic carbocycles. The molecule has 23 heavy (non-hydrogen) atoms. The smallest absolute Gasteiger partial charge is 0.179 e. The maximum atomic E-state index is 14.1. The van der Waals surface area contributed by atoms with E-state index in [9.17, 15) is 4.39 Å². The van der Waals surface area contributed by atoms with Gasteiger partial charge in [-0.2, -0.15) is 0 Å². The van der Waals surface area contributed by atoms with Crippen LogP contribution in [0.1, 0.15) is 5.56 Å². The maximum absolute atomic E-state index is 14.1. The van der Waals surface area contributed by atoms with Gasteiger partial charge in [-0.25, -0.2) is 14.4 Å². The summed E-state index contributed by atoms with van der Waals surface area (Å²) in [5.41, 5.74) is 2.09. The van der Waals surface area contributed by atoms with E-state index < -0.39 is 0 Å². The number of pyridine rings is 1. The number of hydrogen-bond donors (Lipinski definition) is 1. The fraction of sp³-hybridized carbons (Fsp3) is 0.118. The molecule has 0 saturated heterocycles. The van der Waals surface area contributed by atoms with Crippen LogP contribution in [0.4, 0.5) is 15.9 Å². The SMILES string of the molecule is COc1cnc(-c2cc(C)ccc2F)nc1Nc1ccncc1. The molecule has 116 valence electrons. The van der Waals surface area contributed by atoms with Crippen molar-refractivity contribution in [1.82, 2.24) is 15.0 Å². The lowest BCUT2D eigenvalue weighted by Crippen LogP contribution is -2.01. The van der Waals surface area contributed by atoms with Crippen LogP contribution in [0.3, 0.4) is 0 Å². The molecule has 5 nitrogen and oxygen atoms in total. The van der Waals surface area contributed by atoms with Crippen molar-refractivity contribution >= 4 is 11.5 Å². The molecule has 0 aliphatic heterocycles. The zero-order valence-corrected chi connectivity index (χ0v) is 12.7. The number of ether oxygens (including phenoxy) is 1. The first-order valence-corrected chi connectivity index (χ1v) is 7.02. The van der Waals surface area contributed by atoms with Gasteiger partial charge >= 0.3 is 0 Å². The Labute approximate surface area is 133 Å². The number of rotatable bonds is 4. The van der Waals surface area contributed by atoms with Crippen molar-refractivity contribution in [3.05, 3.63) is 60.3 Å². The van der Waals surface area contributed by atoms with Crippen molar-refractivity contribution in [1.29, 1.82) is 0 Å². The Kier molecular flexibility index (Phi) is 4.14. The second-order valence-corrected chi connectivity index (χ2v) is 4.95. The summed E-state index contributed by atoms with van der Waals surface area (Å²) in [5, 5.41) is 3.13. The van der Waals surface area contributed by atoms with Crippen LogP contribution in [-0.4, -0.2) is 22.1 Å². The molecule has 0 radical (unpaired) electrons. The molecule has 0 atom stereocenters. The minimum absolute atomic E-state index is 0.295. The maximum Gasteiger partial charge on any atom is 0.179 e. The van der Waals surface area contributed by atoms with Gasteiger partial charge in [0.15, 0.2) is 17.4 Å². The van der Waals surface area contributed by atoms with E-state index in [4.69, 9.17) is 4.74 Å². The summed E-state index contributed by atoms with van der Waals surface area (Å²) >= 11 is 0. The van der Waals surface area contributed by atoms with Crippen LogP contribution in [0.5, 0.6) is 5.75 Å². The summed E-state index contributed by atoms with van der Waals surface area (Å²) in [6.07, 6.45) is 4.85. The monoisotopic (exact) mass is 310 g/mol. The van der Waals surface area contributed by atoms with Crippen molar-refractivity contribution in [3.63, 3.8) is 0 Å². The van der Waals surface area contributed by atoms with Gasteiger partial charge in [0, 0.05) is 18.1 Å². The molecule has 1 N–H and O–H groups in total. The third-order valence-corrected chi connectivity index (χ3v) is 3.28. The average molecular weight is 310 g/mol. The van der Waals surface area contributed by atoms with Crippen LogP contribution in [0.15, 0.2) is 48.9 Å². The number of benzene rings is 1. The van der Waals surface area contributed by atoms with Gasteiger partial charge in [0.1, 0.15) is 5.82 Å². The normalized spacial score (nSPS) is 10.4. The van der Waals surface area contributed by atoms with E-state index >= 15 is 0 Å². The number of nitrogens with zero attached hydrogens (tertiary/aromatic N) is 3. The highest BCUT2D eigenvalue weighted by Crippen LogP contribution is 2.28. The minimum atomic E-state index is -0.365.